The second kappa shape index (κ2) is 8.13. The summed E-state index contributed by atoms with van der Waals surface area (Å²) in [5, 5.41) is 12.2. The summed E-state index contributed by atoms with van der Waals surface area (Å²) >= 11 is 0. The topological polar surface area (TPSA) is 84.1 Å². The lowest BCUT2D eigenvalue weighted by Gasteiger charge is -2.10. The molecule has 1 heterocycles. The number of carbonyl (C=O) groups is 2. The molecule has 0 unspecified atom stereocenters. The molecule has 0 atom stereocenters. The highest BCUT2D eigenvalue weighted by molar-refractivity contribution is 6.02. The fraction of sp³-hybridized carbons (Fsp3) is 0.318. The number of carbonyl (C=O) groups excluding carboxylic acids is 2. The average molecular weight is 377 g/mol. The van der Waals surface area contributed by atoms with E-state index in [1.165, 1.54) is 0 Å². The predicted octanol–water partition coefficient (Wildman–Crippen LogP) is 3.46. The lowest BCUT2D eigenvalue weighted by molar-refractivity contribution is -0.117. The van der Waals surface area contributed by atoms with Gasteiger partial charge in [-0.1, -0.05) is 0 Å². The van der Waals surface area contributed by atoms with Crippen LogP contribution in [0, 0.1) is 25.2 Å². The molecule has 1 aliphatic carbocycles. The van der Waals surface area contributed by atoms with E-state index in [2.05, 4.69) is 5.32 Å². The summed E-state index contributed by atoms with van der Waals surface area (Å²) in [6.45, 7) is 6.00. The molecule has 0 bridgehead atoms. The first-order chi connectivity index (χ1) is 13.4. The van der Waals surface area contributed by atoms with Crippen molar-refractivity contribution < 1.29 is 14.3 Å². The molecule has 0 radical (unpaired) electrons. The van der Waals surface area contributed by atoms with Gasteiger partial charge in [0, 0.05) is 23.1 Å². The molecule has 6 nitrogen and oxygen atoms in total. The van der Waals surface area contributed by atoms with E-state index in [9.17, 15) is 14.9 Å². The quantitative estimate of drug-likeness (QED) is 0.475. The van der Waals surface area contributed by atoms with E-state index in [0.29, 0.717) is 12.2 Å². The average Bonchev–Trinajstić information content (AvgIpc) is 3.44. The number of aryl methyl sites for hydroxylation is 1. The number of benzene rings is 1. The summed E-state index contributed by atoms with van der Waals surface area (Å²) in [4.78, 5) is 24.0. The van der Waals surface area contributed by atoms with Crippen molar-refractivity contribution >= 4 is 18.0 Å². The first kappa shape index (κ1) is 19.4. The van der Waals surface area contributed by atoms with Crippen molar-refractivity contribution in [3.05, 3.63) is 58.4 Å². The van der Waals surface area contributed by atoms with Crippen LogP contribution in [0.4, 0.5) is 0 Å². The number of hydrogen-bond acceptors (Lipinski definition) is 4. The van der Waals surface area contributed by atoms with E-state index >= 15 is 0 Å². The first-order valence-corrected chi connectivity index (χ1v) is 9.33. The van der Waals surface area contributed by atoms with Gasteiger partial charge in [0.15, 0.2) is 0 Å². The Morgan fingerprint density at radius 2 is 1.96 bits per heavy atom. The van der Waals surface area contributed by atoms with Crippen LogP contribution >= 0.6 is 0 Å². The molecule has 1 saturated carbocycles. The second-order valence-corrected chi connectivity index (χ2v) is 6.85. The van der Waals surface area contributed by atoms with E-state index in [1.54, 1.807) is 25.1 Å². The molecule has 1 aliphatic rings. The van der Waals surface area contributed by atoms with Crippen LogP contribution in [0.25, 0.3) is 11.8 Å². The number of esters is 1. The number of aromatic nitrogens is 1. The minimum absolute atomic E-state index is 0.102. The number of rotatable bonds is 6. The second-order valence-electron chi connectivity index (χ2n) is 6.85. The van der Waals surface area contributed by atoms with Gasteiger partial charge in [0.1, 0.15) is 11.6 Å². The van der Waals surface area contributed by atoms with Crippen molar-refractivity contribution in [2.75, 3.05) is 6.61 Å². The molecule has 3 rings (SSSR count). The minimum atomic E-state index is -0.348. The maximum Gasteiger partial charge on any atom is 0.338 e. The van der Waals surface area contributed by atoms with Crippen LogP contribution < -0.4 is 5.32 Å². The Balaban J connectivity index is 1.89. The molecule has 1 fully saturated rings. The van der Waals surface area contributed by atoms with Crippen molar-refractivity contribution in [2.45, 2.75) is 39.7 Å². The first-order valence-electron chi connectivity index (χ1n) is 9.33. The van der Waals surface area contributed by atoms with Crippen LogP contribution in [-0.4, -0.2) is 29.1 Å². The Kier molecular flexibility index (Phi) is 5.65. The summed E-state index contributed by atoms with van der Waals surface area (Å²) in [6.07, 6.45) is 3.57. The molecule has 144 valence electrons. The summed E-state index contributed by atoms with van der Waals surface area (Å²) in [5.74, 6) is -0.674. The molecule has 0 spiro atoms. The van der Waals surface area contributed by atoms with Gasteiger partial charge in [-0.05, 0) is 75.6 Å². The molecule has 6 heteroatoms. The van der Waals surface area contributed by atoms with Crippen molar-refractivity contribution in [1.82, 2.24) is 9.88 Å². The smallest absolute Gasteiger partial charge is 0.338 e. The zero-order valence-electron chi connectivity index (χ0n) is 16.3. The lowest BCUT2D eigenvalue weighted by Crippen LogP contribution is -2.26. The van der Waals surface area contributed by atoms with Gasteiger partial charge in [-0.2, -0.15) is 5.26 Å². The fourth-order valence-corrected chi connectivity index (χ4v) is 3.09. The normalized spacial score (nSPS) is 13.7. The Morgan fingerprint density at radius 1 is 1.29 bits per heavy atom. The monoisotopic (exact) mass is 377 g/mol. The van der Waals surface area contributed by atoms with Gasteiger partial charge in [-0.3, -0.25) is 4.79 Å². The van der Waals surface area contributed by atoms with Gasteiger partial charge < -0.3 is 14.6 Å². The van der Waals surface area contributed by atoms with Gasteiger partial charge in [0.25, 0.3) is 5.91 Å². The van der Waals surface area contributed by atoms with E-state index in [4.69, 9.17) is 4.74 Å². The van der Waals surface area contributed by atoms with Crippen molar-refractivity contribution in [3.63, 3.8) is 0 Å². The molecule has 1 aromatic heterocycles. The molecule has 1 aromatic carbocycles. The highest BCUT2D eigenvalue weighted by atomic mass is 16.5. The Hall–Kier alpha value is -3.33. The fourth-order valence-electron chi connectivity index (χ4n) is 3.09. The van der Waals surface area contributed by atoms with E-state index in [1.807, 2.05) is 42.7 Å². The summed E-state index contributed by atoms with van der Waals surface area (Å²) in [5.41, 5.74) is 4.18. The number of nitrogens with zero attached hydrogens (tertiary/aromatic N) is 2. The standard InChI is InChI=1S/C22H23N3O3/c1-4-28-22(27)16-5-9-20(10-6-16)25-14(2)11-17(15(25)3)12-18(13-23)21(26)24-19-7-8-19/h5-6,9-12,19H,4,7-8H2,1-3H3,(H,24,26)/b18-12+. The zero-order valence-corrected chi connectivity index (χ0v) is 16.3. The number of hydrogen-bond donors (Lipinski definition) is 1. The van der Waals surface area contributed by atoms with E-state index in [0.717, 1.165) is 35.5 Å². The van der Waals surface area contributed by atoms with Gasteiger partial charge in [-0.25, -0.2) is 4.79 Å². The number of ether oxygens (including phenoxy) is 1. The molecule has 0 saturated heterocycles. The third kappa shape index (κ3) is 4.15. The summed E-state index contributed by atoms with van der Waals surface area (Å²) in [7, 11) is 0. The van der Waals surface area contributed by atoms with Crippen molar-refractivity contribution in [2.24, 2.45) is 0 Å². The SMILES string of the molecule is CCOC(=O)c1ccc(-n2c(C)cc(/C=C(\C#N)C(=O)NC3CC3)c2C)cc1. The predicted molar refractivity (Wildman–Crippen MR) is 106 cm³/mol. The van der Waals surface area contributed by atoms with E-state index in [-0.39, 0.29) is 23.5 Å². The molecule has 1 N–H and O–H groups in total. The zero-order chi connectivity index (χ0) is 20.3. The highest BCUT2D eigenvalue weighted by Crippen LogP contribution is 2.24. The molecule has 2 aromatic rings. The van der Waals surface area contributed by atoms with Crippen LogP contribution in [0.5, 0.6) is 0 Å². The Bertz CT molecular complexity index is 974. The third-order valence-corrected chi connectivity index (χ3v) is 4.68. The summed E-state index contributed by atoms with van der Waals surface area (Å²) < 4.78 is 7.04. The minimum Gasteiger partial charge on any atom is -0.462 e. The molecular weight excluding hydrogens is 354 g/mol. The molecular formula is C22H23N3O3. The lowest BCUT2D eigenvalue weighted by atomic mass is 10.1. The Morgan fingerprint density at radius 3 is 2.54 bits per heavy atom. The molecule has 0 aliphatic heterocycles. The number of nitrogens with one attached hydrogen (secondary N) is 1. The van der Waals surface area contributed by atoms with Crippen LogP contribution in [0.1, 0.15) is 47.1 Å². The Labute approximate surface area is 164 Å². The maximum atomic E-state index is 12.2. The molecule has 1 amide bonds. The van der Waals surface area contributed by atoms with Crippen LogP contribution in [-0.2, 0) is 9.53 Å². The van der Waals surface area contributed by atoms with Crippen molar-refractivity contribution in [3.8, 4) is 11.8 Å². The largest absolute Gasteiger partial charge is 0.462 e. The van der Waals surface area contributed by atoms with Crippen LogP contribution in [0.3, 0.4) is 0 Å². The van der Waals surface area contributed by atoms with Crippen LogP contribution in [0.2, 0.25) is 0 Å². The van der Waals surface area contributed by atoms with Gasteiger partial charge in [-0.15, -0.1) is 0 Å². The van der Waals surface area contributed by atoms with Gasteiger partial charge >= 0.3 is 5.97 Å². The summed E-state index contributed by atoms with van der Waals surface area (Å²) in [6, 6.07) is 11.3. The third-order valence-electron chi connectivity index (χ3n) is 4.68. The van der Waals surface area contributed by atoms with Gasteiger partial charge in [0.05, 0.1) is 12.2 Å². The van der Waals surface area contributed by atoms with Crippen LogP contribution in [0.15, 0.2) is 35.9 Å². The van der Waals surface area contributed by atoms with Gasteiger partial charge in [0.2, 0.25) is 0 Å². The van der Waals surface area contributed by atoms with E-state index < -0.39 is 0 Å². The maximum absolute atomic E-state index is 12.2. The molecule has 28 heavy (non-hydrogen) atoms. The number of amides is 1. The number of nitriles is 1. The van der Waals surface area contributed by atoms with Crippen molar-refractivity contribution in [1.29, 1.82) is 5.26 Å². The highest BCUT2D eigenvalue weighted by Gasteiger charge is 2.25.